The van der Waals surface area contributed by atoms with Crippen LogP contribution in [0.3, 0.4) is 0 Å². The lowest BCUT2D eigenvalue weighted by molar-refractivity contribution is -0.113. The van der Waals surface area contributed by atoms with Gasteiger partial charge in [0.25, 0.3) is 0 Å². The molecule has 0 fully saturated rings. The normalized spacial score (nSPS) is 10.9. The summed E-state index contributed by atoms with van der Waals surface area (Å²) >= 11 is 2.74. The van der Waals surface area contributed by atoms with Crippen molar-refractivity contribution in [1.82, 2.24) is 19.7 Å². The summed E-state index contributed by atoms with van der Waals surface area (Å²) in [6.07, 6.45) is 0. The third-order valence-electron chi connectivity index (χ3n) is 5.26. The molecule has 2 aromatic carbocycles. The first-order valence-corrected chi connectivity index (χ1v) is 12.3. The molecule has 0 aliphatic heterocycles. The predicted octanol–water partition coefficient (Wildman–Crippen LogP) is 5.17. The molecule has 0 saturated heterocycles. The highest BCUT2D eigenvalue weighted by Crippen LogP contribution is 2.27. The standard InChI is InChI=1S/C24H25N5O2S2/c1-15-9-10-18(11-17(15)3)19-13-32-23(25-19)26-22(30)14-33-24-28-27-21(29(24)4)12-31-20-8-6-5-7-16(20)2/h5-11,13H,12,14H2,1-4H3,(H,25,26,30). The van der Waals surface area contributed by atoms with Crippen LogP contribution in [0.2, 0.25) is 0 Å². The predicted molar refractivity (Wildman–Crippen MR) is 133 cm³/mol. The van der Waals surface area contributed by atoms with Crippen LogP contribution in [0.4, 0.5) is 5.13 Å². The fourth-order valence-corrected chi connectivity index (χ4v) is 4.57. The lowest BCUT2D eigenvalue weighted by Gasteiger charge is -2.08. The van der Waals surface area contributed by atoms with Crippen LogP contribution in [-0.4, -0.2) is 31.4 Å². The van der Waals surface area contributed by atoms with Gasteiger partial charge in [-0.2, -0.15) is 0 Å². The highest BCUT2D eigenvalue weighted by Gasteiger charge is 2.14. The Labute approximate surface area is 201 Å². The molecule has 0 aliphatic carbocycles. The Morgan fingerprint density at radius 2 is 1.91 bits per heavy atom. The van der Waals surface area contributed by atoms with Gasteiger partial charge in [-0.15, -0.1) is 21.5 Å². The van der Waals surface area contributed by atoms with Crippen LogP contribution < -0.4 is 10.1 Å². The number of carbonyl (C=O) groups is 1. The van der Waals surface area contributed by atoms with Crippen molar-refractivity contribution in [3.63, 3.8) is 0 Å². The third-order valence-corrected chi connectivity index (χ3v) is 7.04. The third kappa shape index (κ3) is 5.61. The number of nitrogens with zero attached hydrogens (tertiary/aromatic N) is 4. The second-order valence-electron chi connectivity index (χ2n) is 7.69. The summed E-state index contributed by atoms with van der Waals surface area (Å²) in [5.74, 6) is 1.59. The number of aryl methyl sites for hydroxylation is 3. The molecule has 33 heavy (non-hydrogen) atoms. The zero-order valence-electron chi connectivity index (χ0n) is 19.0. The van der Waals surface area contributed by atoms with Crippen molar-refractivity contribution >= 4 is 34.1 Å². The summed E-state index contributed by atoms with van der Waals surface area (Å²) in [7, 11) is 1.87. The molecule has 0 spiro atoms. The average Bonchev–Trinajstić information content (AvgIpc) is 3.40. The first-order valence-electron chi connectivity index (χ1n) is 10.4. The van der Waals surface area contributed by atoms with Crippen LogP contribution in [0.25, 0.3) is 11.3 Å². The summed E-state index contributed by atoms with van der Waals surface area (Å²) in [5, 5.41) is 14.5. The van der Waals surface area contributed by atoms with E-state index in [4.69, 9.17) is 4.74 Å². The minimum Gasteiger partial charge on any atom is -0.485 e. The van der Waals surface area contributed by atoms with Crippen LogP contribution >= 0.6 is 23.1 Å². The van der Waals surface area contributed by atoms with Crippen molar-refractivity contribution in [2.24, 2.45) is 7.05 Å². The van der Waals surface area contributed by atoms with E-state index in [-0.39, 0.29) is 11.7 Å². The maximum atomic E-state index is 12.4. The summed E-state index contributed by atoms with van der Waals surface area (Å²) in [6.45, 7) is 6.47. The van der Waals surface area contributed by atoms with Gasteiger partial charge in [0, 0.05) is 18.0 Å². The van der Waals surface area contributed by atoms with Gasteiger partial charge in [-0.25, -0.2) is 4.98 Å². The summed E-state index contributed by atoms with van der Waals surface area (Å²) in [5.41, 5.74) is 5.43. The lowest BCUT2D eigenvalue weighted by Crippen LogP contribution is -2.14. The second kappa shape index (κ2) is 10.2. The fraction of sp³-hybridized carbons (Fsp3) is 0.250. The molecule has 0 atom stereocenters. The number of amides is 1. The highest BCUT2D eigenvalue weighted by atomic mass is 32.2. The molecule has 0 saturated carbocycles. The van der Waals surface area contributed by atoms with E-state index >= 15 is 0 Å². The molecule has 0 unspecified atom stereocenters. The Bertz CT molecular complexity index is 1280. The Kier molecular flexibility index (Phi) is 7.10. The van der Waals surface area contributed by atoms with Crippen LogP contribution in [0, 0.1) is 20.8 Å². The van der Waals surface area contributed by atoms with E-state index in [9.17, 15) is 4.79 Å². The number of anilines is 1. The van der Waals surface area contributed by atoms with Crippen molar-refractivity contribution in [1.29, 1.82) is 0 Å². The van der Waals surface area contributed by atoms with Crippen LogP contribution in [0.15, 0.2) is 53.0 Å². The Morgan fingerprint density at radius 3 is 2.70 bits per heavy atom. The molecule has 2 aromatic heterocycles. The van der Waals surface area contributed by atoms with Crippen molar-refractivity contribution in [2.75, 3.05) is 11.1 Å². The van der Waals surface area contributed by atoms with Gasteiger partial charge in [-0.1, -0.05) is 42.1 Å². The molecule has 4 rings (SSSR count). The number of benzene rings is 2. The van der Waals surface area contributed by atoms with Gasteiger partial charge in [0.2, 0.25) is 5.91 Å². The number of thioether (sulfide) groups is 1. The van der Waals surface area contributed by atoms with Crippen molar-refractivity contribution in [3.05, 3.63) is 70.4 Å². The molecule has 1 N–H and O–H groups in total. The Hall–Kier alpha value is -3.17. The smallest absolute Gasteiger partial charge is 0.236 e. The van der Waals surface area contributed by atoms with E-state index in [1.165, 1.54) is 34.2 Å². The number of hydrogen-bond donors (Lipinski definition) is 1. The van der Waals surface area contributed by atoms with Gasteiger partial charge in [-0.05, 0) is 49.6 Å². The first kappa shape index (κ1) is 23.0. The Morgan fingerprint density at radius 1 is 1.09 bits per heavy atom. The number of para-hydroxylation sites is 1. The number of carbonyl (C=O) groups excluding carboxylic acids is 1. The zero-order valence-corrected chi connectivity index (χ0v) is 20.6. The summed E-state index contributed by atoms with van der Waals surface area (Å²) in [4.78, 5) is 17.0. The number of nitrogens with one attached hydrogen (secondary N) is 1. The van der Waals surface area contributed by atoms with E-state index in [1.807, 2.05) is 54.3 Å². The van der Waals surface area contributed by atoms with Gasteiger partial charge in [0.05, 0.1) is 11.4 Å². The molecule has 0 bridgehead atoms. The van der Waals surface area contributed by atoms with Gasteiger partial charge in [0.15, 0.2) is 16.1 Å². The number of hydrogen-bond acceptors (Lipinski definition) is 7. The molecule has 9 heteroatoms. The number of thiazole rings is 1. The van der Waals surface area contributed by atoms with Gasteiger partial charge in [-0.3, -0.25) is 4.79 Å². The molecule has 0 radical (unpaired) electrons. The van der Waals surface area contributed by atoms with Crippen molar-refractivity contribution in [2.45, 2.75) is 32.5 Å². The molecule has 0 aliphatic rings. The van der Waals surface area contributed by atoms with E-state index in [2.05, 4.69) is 46.5 Å². The molecule has 1 amide bonds. The van der Waals surface area contributed by atoms with Crippen LogP contribution in [-0.2, 0) is 18.4 Å². The molecule has 4 aromatic rings. The van der Waals surface area contributed by atoms with Crippen LogP contribution in [0.5, 0.6) is 5.75 Å². The van der Waals surface area contributed by atoms with E-state index in [1.54, 1.807) is 0 Å². The van der Waals surface area contributed by atoms with Gasteiger partial charge < -0.3 is 14.6 Å². The summed E-state index contributed by atoms with van der Waals surface area (Å²) < 4.78 is 7.70. The van der Waals surface area contributed by atoms with E-state index in [0.717, 1.165) is 22.6 Å². The fourth-order valence-electron chi connectivity index (χ4n) is 3.11. The highest BCUT2D eigenvalue weighted by molar-refractivity contribution is 7.99. The first-order chi connectivity index (χ1) is 15.9. The van der Waals surface area contributed by atoms with Crippen molar-refractivity contribution < 1.29 is 9.53 Å². The monoisotopic (exact) mass is 479 g/mol. The zero-order chi connectivity index (χ0) is 23.4. The number of aromatic nitrogens is 4. The van der Waals surface area contributed by atoms with E-state index < -0.39 is 0 Å². The molecular weight excluding hydrogens is 454 g/mol. The molecular formula is C24H25N5O2S2. The van der Waals surface area contributed by atoms with E-state index in [0.29, 0.717) is 22.7 Å². The molecule has 2 heterocycles. The minimum atomic E-state index is -0.137. The van der Waals surface area contributed by atoms with Gasteiger partial charge in [0.1, 0.15) is 12.4 Å². The molecule has 170 valence electrons. The second-order valence-corrected chi connectivity index (χ2v) is 9.49. The topological polar surface area (TPSA) is 81.9 Å². The Balaban J connectivity index is 1.31. The quantitative estimate of drug-likeness (QED) is 0.351. The summed E-state index contributed by atoms with van der Waals surface area (Å²) in [6, 6.07) is 14.1. The minimum absolute atomic E-state index is 0.137. The van der Waals surface area contributed by atoms with Gasteiger partial charge >= 0.3 is 0 Å². The number of rotatable bonds is 8. The maximum absolute atomic E-state index is 12.4. The number of ether oxygens (including phenoxy) is 1. The average molecular weight is 480 g/mol. The largest absolute Gasteiger partial charge is 0.485 e. The maximum Gasteiger partial charge on any atom is 0.236 e. The van der Waals surface area contributed by atoms with Crippen LogP contribution in [0.1, 0.15) is 22.5 Å². The lowest BCUT2D eigenvalue weighted by atomic mass is 10.1. The van der Waals surface area contributed by atoms with Crippen molar-refractivity contribution in [3.8, 4) is 17.0 Å². The SMILES string of the molecule is Cc1ccc(-c2csc(NC(=O)CSc3nnc(COc4ccccc4C)n3C)n2)cc1C. The molecule has 7 nitrogen and oxygen atoms in total.